The summed E-state index contributed by atoms with van der Waals surface area (Å²) < 4.78 is 43.3. The summed E-state index contributed by atoms with van der Waals surface area (Å²) in [5.74, 6) is -1.47. The van der Waals surface area contributed by atoms with Gasteiger partial charge in [0.1, 0.15) is 0 Å². The van der Waals surface area contributed by atoms with Crippen LogP contribution in [0.5, 0.6) is 0 Å². The van der Waals surface area contributed by atoms with Crippen LogP contribution in [0, 0.1) is 0 Å². The number of carbonyl (C=O) groups excluding carboxylic acids is 2. The highest BCUT2D eigenvalue weighted by Crippen LogP contribution is 2.34. The van der Waals surface area contributed by atoms with E-state index in [1.807, 2.05) is 30.3 Å². The number of thioether (sulfide) groups is 1. The van der Waals surface area contributed by atoms with Crippen LogP contribution in [-0.2, 0) is 20.5 Å². The summed E-state index contributed by atoms with van der Waals surface area (Å²) in [6.45, 7) is -0.652. The molecule has 0 fully saturated rings. The van der Waals surface area contributed by atoms with Crippen molar-refractivity contribution in [1.29, 1.82) is 0 Å². The third-order valence-electron chi connectivity index (χ3n) is 2.97. The molecule has 0 radical (unpaired) electrons. The number of hydrogen-bond acceptors (Lipinski definition) is 4. The highest BCUT2D eigenvalue weighted by atomic mass is 32.2. The van der Waals surface area contributed by atoms with Gasteiger partial charge in [0.25, 0.3) is 5.91 Å². The lowest BCUT2D eigenvalue weighted by molar-refractivity contribution is -0.144. The lowest BCUT2D eigenvalue weighted by Crippen LogP contribution is -2.23. The van der Waals surface area contributed by atoms with Crippen molar-refractivity contribution in [2.75, 3.05) is 17.7 Å². The van der Waals surface area contributed by atoms with Crippen LogP contribution in [0.1, 0.15) is 5.56 Å². The van der Waals surface area contributed by atoms with Crippen molar-refractivity contribution in [3.8, 4) is 0 Å². The molecule has 0 spiro atoms. The van der Waals surface area contributed by atoms with Crippen LogP contribution in [-0.4, -0.2) is 24.2 Å². The molecule has 2 aromatic carbocycles. The molecule has 0 saturated heterocycles. The van der Waals surface area contributed by atoms with Gasteiger partial charge < -0.3 is 10.1 Å². The minimum Gasteiger partial charge on any atom is -0.455 e. The van der Waals surface area contributed by atoms with Gasteiger partial charge in [-0.05, 0) is 24.3 Å². The zero-order valence-electron chi connectivity index (χ0n) is 12.9. The molecule has 0 atom stereocenters. The molecule has 0 aliphatic heterocycles. The summed E-state index contributed by atoms with van der Waals surface area (Å²) >= 11 is 1.23. The fourth-order valence-electron chi connectivity index (χ4n) is 1.87. The van der Waals surface area contributed by atoms with Gasteiger partial charge in [0, 0.05) is 4.90 Å². The van der Waals surface area contributed by atoms with E-state index in [0.29, 0.717) is 0 Å². The first-order valence-electron chi connectivity index (χ1n) is 7.16. The molecule has 0 saturated carbocycles. The number of rotatable bonds is 6. The van der Waals surface area contributed by atoms with Crippen LogP contribution in [0.3, 0.4) is 0 Å². The smallest absolute Gasteiger partial charge is 0.418 e. The fraction of sp³-hybridized carbons (Fsp3) is 0.176. The maximum Gasteiger partial charge on any atom is 0.418 e. The number of anilines is 1. The van der Waals surface area contributed by atoms with E-state index in [-0.39, 0.29) is 11.4 Å². The average Bonchev–Trinajstić information content (AvgIpc) is 2.58. The molecule has 0 heterocycles. The summed E-state index contributed by atoms with van der Waals surface area (Å²) in [6, 6.07) is 13.7. The van der Waals surface area contributed by atoms with Gasteiger partial charge in [0.2, 0.25) is 0 Å². The Morgan fingerprint density at radius 1 is 1.00 bits per heavy atom. The highest BCUT2D eigenvalue weighted by Gasteiger charge is 2.33. The van der Waals surface area contributed by atoms with E-state index in [0.717, 1.165) is 17.0 Å². The van der Waals surface area contributed by atoms with E-state index >= 15 is 0 Å². The molecular weight excluding hydrogens is 355 g/mol. The largest absolute Gasteiger partial charge is 0.455 e. The number of para-hydroxylation sites is 1. The maximum atomic E-state index is 12.8. The number of esters is 1. The molecule has 0 aromatic heterocycles. The predicted molar refractivity (Wildman–Crippen MR) is 88.2 cm³/mol. The van der Waals surface area contributed by atoms with E-state index in [4.69, 9.17) is 4.74 Å². The summed E-state index contributed by atoms with van der Waals surface area (Å²) in [7, 11) is 0. The molecule has 0 aliphatic rings. The van der Waals surface area contributed by atoms with E-state index < -0.39 is 30.2 Å². The highest BCUT2D eigenvalue weighted by molar-refractivity contribution is 8.00. The third kappa shape index (κ3) is 6.15. The minimum atomic E-state index is -4.59. The first kappa shape index (κ1) is 18.9. The number of benzene rings is 2. The molecule has 4 nitrogen and oxygen atoms in total. The fourth-order valence-corrected chi connectivity index (χ4v) is 2.59. The summed E-state index contributed by atoms with van der Waals surface area (Å²) in [6.07, 6.45) is -4.59. The van der Waals surface area contributed by atoms with Crippen molar-refractivity contribution in [2.45, 2.75) is 11.1 Å². The monoisotopic (exact) mass is 369 g/mol. The SMILES string of the molecule is O=C(COC(=O)CSc1ccccc1)Nc1ccccc1C(F)(F)F. The number of amides is 1. The summed E-state index contributed by atoms with van der Waals surface area (Å²) in [4.78, 5) is 24.2. The molecule has 2 rings (SSSR count). The Morgan fingerprint density at radius 3 is 2.32 bits per heavy atom. The number of halogens is 3. The van der Waals surface area contributed by atoms with Gasteiger partial charge in [-0.25, -0.2) is 0 Å². The van der Waals surface area contributed by atoms with Gasteiger partial charge in [-0.15, -0.1) is 11.8 Å². The molecule has 8 heteroatoms. The topological polar surface area (TPSA) is 55.4 Å². The zero-order chi connectivity index (χ0) is 18.3. The Morgan fingerprint density at radius 2 is 1.64 bits per heavy atom. The zero-order valence-corrected chi connectivity index (χ0v) is 13.7. The molecule has 1 N–H and O–H groups in total. The molecule has 25 heavy (non-hydrogen) atoms. The van der Waals surface area contributed by atoms with Crippen LogP contribution < -0.4 is 5.32 Å². The van der Waals surface area contributed by atoms with Crippen LogP contribution in [0.15, 0.2) is 59.5 Å². The first-order chi connectivity index (χ1) is 11.9. The van der Waals surface area contributed by atoms with Crippen LogP contribution in [0.2, 0.25) is 0 Å². The van der Waals surface area contributed by atoms with Crippen molar-refractivity contribution in [2.24, 2.45) is 0 Å². The molecular formula is C17H14F3NO3S. The van der Waals surface area contributed by atoms with Crippen molar-refractivity contribution in [3.63, 3.8) is 0 Å². The van der Waals surface area contributed by atoms with Gasteiger partial charge in [-0.2, -0.15) is 13.2 Å². The molecule has 132 valence electrons. The molecule has 1 amide bonds. The Labute approximate surface area is 146 Å². The van der Waals surface area contributed by atoms with Gasteiger partial charge in [0.05, 0.1) is 17.0 Å². The maximum absolute atomic E-state index is 12.8. The Hall–Kier alpha value is -2.48. The lowest BCUT2D eigenvalue weighted by atomic mass is 10.1. The number of ether oxygens (including phenoxy) is 1. The Balaban J connectivity index is 1.82. The second-order valence-electron chi connectivity index (χ2n) is 4.85. The van der Waals surface area contributed by atoms with Gasteiger partial charge >= 0.3 is 12.1 Å². The van der Waals surface area contributed by atoms with Crippen LogP contribution >= 0.6 is 11.8 Å². The number of alkyl halides is 3. The molecule has 0 bridgehead atoms. The van der Waals surface area contributed by atoms with Crippen molar-refractivity contribution >= 4 is 29.3 Å². The Bertz CT molecular complexity index is 735. The van der Waals surface area contributed by atoms with Crippen molar-refractivity contribution in [1.82, 2.24) is 0 Å². The predicted octanol–water partition coefficient (Wildman–Crippen LogP) is 3.98. The number of carbonyl (C=O) groups is 2. The third-order valence-corrected chi connectivity index (χ3v) is 3.96. The molecule has 0 unspecified atom stereocenters. The number of nitrogens with one attached hydrogen (secondary N) is 1. The number of hydrogen-bond donors (Lipinski definition) is 1. The van der Waals surface area contributed by atoms with E-state index in [1.165, 1.54) is 23.9 Å². The first-order valence-corrected chi connectivity index (χ1v) is 8.14. The lowest BCUT2D eigenvalue weighted by Gasteiger charge is -2.13. The van der Waals surface area contributed by atoms with Gasteiger partial charge in [-0.3, -0.25) is 9.59 Å². The second kappa shape index (κ2) is 8.57. The van der Waals surface area contributed by atoms with Crippen molar-refractivity contribution < 1.29 is 27.5 Å². The Kier molecular flexibility index (Phi) is 6.46. The van der Waals surface area contributed by atoms with E-state index in [1.54, 1.807) is 0 Å². The van der Waals surface area contributed by atoms with E-state index in [9.17, 15) is 22.8 Å². The average molecular weight is 369 g/mol. The van der Waals surface area contributed by atoms with E-state index in [2.05, 4.69) is 5.32 Å². The quantitative estimate of drug-likeness (QED) is 0.618. The van der Waals surface area contributed by atoms with Crippen LogP contribution in [0.4, 0.5) is 18.9 Å². The van der Waals surface area contributed by atoms with Gasteiger partial charge in [-0.1, -0.05) is 30.3 Å². The molecule has 0 aliphatic carbocycles. The second-order valence-corrected chi connectivity index (χ2v) is 5.90. The summed E-state index contributed by atoms with van der Waals surface area (Å²) in [5.41, 5.74) is -1.34. The molecule has 2 aromatic rings. The normalized spacial score (nSPS) is 11.0. The minimum absolute atomic E-state index is 0.00354. The standard InChI is InChI=1S/C17H14F3NO3S/c18-17(19,20)13-8-4-5-9-14(13)21-15(22)10-24-16(23)11-25-12-6-2-1-3-7-12/h1-9H,10-11H2,(H,21,22). The van der Waals surface area contributed by atoms with Crippen molar-refractivity contribution in [3.05, 3.63) is 60.2 Å². The van der Waals surface area contributed by atoms with Gasteiger partial charge in [0.15, 0.2) is 6.61 Å². The van der Waals surface area contributed by atoms with Crippen LogP contribution in [0.25, 0.3) is 0 Å². The summed E-state index contributed by atoms with van der Waals surface area (Å²) in [5, 5.41) is 2.10.